The molecule has 0 radical (unpaired) electrons. The summed E-state index contributed by atoms with van der Waals surface area (Å²) in [6, 6.07) is 9.47. The molecule has 4 nitrogen and oxygen atoms in total. The smallest absolute Gasteiger partial charge is 0.224 e. The molecule has 0 spiro atoms. The number of nitrogens with two attached hydrogens (primary N) is 1. The van der Waals surface area contributed by atoms with Crippen molar-refractivity contribution in [3.8, 4) is 0 Å². The summed E-state index contributed by atoms with van der Waals surface area (Å²) in [4.78, 5) is 12.2. The van der Waals surface area contributed by atoms with Crippen molar-refractivity contribution in [1.29, 1.82) is 0 Å². The number of hydrogen-bond acceptors (Lipinski definition) is 3. The van der Waals surface area contributed by atoms with Crippen LogP contribution in [0.25, 0.3) is 0 Å². The minimum atomic E-state index is -0.282. The summed E-state index contributed by atoms with van der Waals surface area (Å²) in [5.41, 5.74) is 7.18. The molecule has 1 amide bonds. The molecule has 0 saturated heterocycles. The molecule has 3 N–H and O–H groups in total. The molecule has 2 rings (SSSR count). The standard InChI is InChI=1S/C19H30N2O2/c1-14-8-6-7-11-17(14)23-13-12-21-19(22)15(2)18(20)16-9-4-3-5-10-16/h3-5,9-10,14-15,17-18H,6-8,11-13,20H2,1-2H3,(H,21,22). The lowest BCUT2D eigenvalue weighted by Gasteiger charge is -2.28. The summed E-state index contributed by atoms with van der Waals surface area (Å²) in [6.45, 7) is 5.25. The Hall–Kier alpha value is -1.39. The van der Waals surface area contributed by atoms with E-state index in [1.54, 1.807) is 0 Å². The van der Waals surface area contributed by atoms with Gasteiger partial charge in [0.25, 0.3) is 0 Å². The first-order valence-corrected chi connectivity index (χ1v) is 8.79. The molecule has 1 saturated carbocycles. The monoisotopic (exact) mass is 318 g/mol. The molecule has 1 aromatic rings. The van der Waals surface area contributed by atoms with Crippen molar-refractivity contribution >= 4 is 5.91 Å². The van der Waals surface area contributed by atoms with Crippen LogP contribution in [0.4, 0.5) is 0 Å². The second-order valence-electron chi connectivity index (χ2n) is 6.69. The maximum absolute atomic E-state index is 12.2. The molecule has 4 atom stereocenters. The van der Waals surface area contributed by atoms with Gasteiger partial charge in [0.15, 0.2) is 0 Å². The molecule has 0 aromatic heterocycles. The van der Waals surface area contributed by atoms with Crippen molar-refractivity contribution in [3.63, 3.8) is 0 Å². The lowest BCUT2D eigenvalue weighted by molar-refractivity contribution is -0.125. The van der Waals surface area contributed by atoms with Crippen LogP contribution in [0.1, 0.15) is 51.1 Å². The van der Waals surface area contributed by atoms with Gasteiger partial charge in [-0.2, -0.15) is 0 Å². The van der Waals surface area contributed by atoms with E-state index in [4.69, 9.17) is 10.5 Å². The Labute approximate surface area is 139 Å². The first kappa shape index (κ1) is 18.0. The van der Waals surface area contributed by atoms with E-state index in [0.29, 0.717) is 25.2 Å². The van der Waals surface area contributed by atoms with E-state index >= 15 is 0 Å². The number of nitrogens with one attached hydrogen (secondary N) is 1. The number of rotatable bonds is 7. The zero-order chi connectivity index (χ0) is 16.7. The summed E-state index contributed by atoms with van der Waals surface area (Å²) in [5, 5.41) is 2.94. The molecule has 23 heavy (non-hydrogen) atoms. The van der Waals surface area contributed by atoms with Gasteiger partial charge < -0.3 is 15.8 Å². The van der Waals surface area contributed by atoms with Crippen molar-refractivity contribution in [2.45, 2.75) is 51.7 Å². The molecule has 4 heteroatoms. The quantitative estimate of drug-likeness (QED) is 0.760. The second-order valence-corrected chi connectivity index (χ2v) is 6.69. The third-order valence-electron chi connectivity index (χ3n) is 4.90. The van der Waals surface area contributed by atoms with E-state index in [-0.39, 0.29) is 17.9 Å². The van der Waals surface area contributed by atoms with Crippen LogP contribution >= 0.6 is 0 Å². The summed E-state index contributed by atoms with van der Waals surface area (Å²) in [6.07, 6.45) is 5.31. The molecular formula is C19H30N2O2. The molecule has 1 aromatic carbocycles. The fraction of sp³-hybridized carbons (Fsp3) is 0.632. The average molecular weight is 318 g/mol. The first-order valence-electron chi connectivity index (χ1n) is 8.79. The third kappa shape index (κ3) is 5.33. The predicted molar refractivity (Wildman–Crippen MR) is 92.9 cm³/mol. The Morgan fingerprint density at radius 2 is 2.00 bits per heavy atom. The van der Waals surface area contributed by atoms with Crippen molar-refractivity contribution < 1.29 is 9.53 Å². The van der Waals surface area contributed by atoms with Crippen LogP contribution in [-0.2, 0) is 9.53 Å². The van der Waals surface area contributed by atoms with Gasteiger partial charge in [-0.25, -0.2) is 0 Å². The van der Waals surface area contributed by atoms with E-state index in [1.165, 1.54) is 19.3 Å². The number of benzene rings is 1. The highest BCUT2D eigenvalue weighted by Gasteiger charge is 2.23. The molecule has 1 aliphatic rings. The van der Waals surface area contributed by atoms with Gasteiger partial charge in [-0.3, -0.25) is 4.79 Å². The number of hydrogen-bond donors (Lipinski definition) is 2. The summed E-state index contributed by atoms with van der Waals surface area (Å²) < 4.78 is 5.92. The molecule has 0 heterocycles. The van der Waals surface area contributed by atoms with Crippen LogP contribution in [0.2, 0.25) is 0 Å². The van der Waals surface area contributed by atoms with Gasteiger partial charge >= 0.3 is 0 Å². The van der Waals surface area contributed by atoms with E-state index in [1.807, 2.05) is 37.3 Å². The summed E-state index contributed by atoms with van der Waals surface area (Å²) in [5.74, 6) is 0.359. The van der Waals surface area contributed by atoms with Gasteiger partial charge in [0, 0.05) is 12.6 Å². The van der Waals surface area contributed by atoms with Crippen molar-refractivity contribution in [1.82, 2.24) is 5.32 Å². The van der Waals surface area contributed by atoms with Crippen LogP contribution in [0, 0.1) is 11.8 Å². The van der Waals surface area contributed by atoms with E-state index in [0.717, 1.165) is 12.0 Å². The van der Waals surface area contributed by atoms with Gasteiger partial charge in [-0.1, -0.05) is 57.0 Å². The van der Waals surface area contributed by atoms with E-state index in [2.05, 4.69) is 12.2 Å². The number of carbonyl (C=O) groups is 1. The lowest BCUT2D eigenvalue weighted by Crippen LogP contribution is -2.38. The highest BCUT2D eigenvalue weighted by Crippen LogP contribution is 2.26. The zero-order valence-electron chi connectivity index (χ0n) is 14.3. The summed E-state index contributed by atoms with van der Waals surface area (Å²) in [7, 11) is 0. The van der Waals surface area contributed by atoms with Gasteiger partial charge in [-0.05, 0) is 24.3 Å². The van der Waals surface area contributed by atoms with Crippen molar-refractivity contribution in [2.75, 3.05) is 13.2 Å². The Bertz CT molecular complexity index is 478. The number of carbonyl (C=O) groups excluding carboxylic acids is 1. The van der Waals surface area contributed by atoms with E-state index < -0.39 is 0 Å². The topological polar surface area (TPSA) is 64.3 Å². The van der Waals surface area contributed by atoms with Crippen molar-refractivity contribution in [3.05, 3.63) is 35.9 Å². The van der Waals surface area contributed by atoms with Crippen LogP contribution in [0.5, 0.6) is 0 Å². The summed E-state index contributed by atoms with van der Waals surface area (Å²) >= 11 is 0. The molecule has 1 fully saturated rings. The molecule has 128 valence electrons. The zero-order valence-corrected chi connectivity index (χ0v) is 14.3. The fourth-order valence-corrected chi connectivity index (χ4v) is 3.20. The maximum Gasteiger partial charge on any atom is 0.224 e. The van der Waals surface area contributed by atoms with Crippen molar-refractivity contribution in [2.24, 2.45) is 17.6 Å². The highest BCUT2D eigenvalue weighted by molar-refractivity contribution is 5.79. The van der Waals surface area contributed by atoms with Gasteiger partial charge in [0.05, 0.1) is 18.6 Å². The normalized spacial score (nSPS) is 24.0. The van der Waals surface area contributed by atoms with Gasteiger partial charge in [0.1, 0.15) is 0 Å². The molecule has 4 unspecified atom stereocenters. The van der Waals surface area contributed by atoms with E-state index in [9.17, 15) is 4.79 Å². The first-order chi connectivity index (χ1) is 11.1. The molecule has 0 bridgehead atoms. The number of ether oxygens (including phenoxy) is 1. The molecule has 0 aliphatic heterocycles. The molecular weight excluding hydrogens is 288 g/mol. The predicted octanol–water partition coefficient (Wildman–Crippen LogP) is 3.03. The number of amides is 1. The SMILES string of the molecule is CC1CCCCC1OCCNC(=O)C(C)C(N)c1ccccc1. The van der Waals surface area contributed by atoms with Crippen LogP contribution in [-0.4, -0.2) is 25.2 Å². The van der Waals surface area contributed by atoms with Crippen LogP contribution in [0.15, 0.2) is 30.3 Å². The van der Waals surface area contributed by atoms with Gasteiger partial charge in [0.2, 0.25) is 5.91 Å². The minimum absolute atomic E-state index is 0.0124. The van der Waals surface area contributed by atoms with Crippen LogP contribution in [0.3, 0.4) is 0 Å². The Balaban J connectivity index is 1.69. The second kappa shape index (κ2) is 9.04. The Kier molecular flexibility index (Phi) is 7.06. The van der Waals surface area contributed by atoms with Gasteiger partial charge in [-0.15, -0.1) is 0 Å². The fourth-order valence-electron chi connectivity index (χ4n) is 3.20. The average Bonchev–Trinajstić information content (AvgIpc) is 2.59. The largest absolute Gasteiger partial charge is 0.376 e. The lowest BCUT2D eigenvalue weighted by atomic mass is 9.88. The Morgan fingerprint density at radius 1 is 1.30 bits per heavy atom. The highest BCUT2D eigenvalue weighted by atomic mass is 16.5. The third-order valence-corrected chi connectivity index (χ3v) is 4.90. The minimum Gasteiger partial charge on any atom is -0.376 e. The molecule has 1 aliphatic carbocycles. The Morgan fingerprint density at radius 3 is 2.70 bits per heavy atom. The van der Waals surface area contributed by atoms with Crippen LogP contribution < -0.4 is 11.1 Å². The maximum atomic E-state index is 12.2.